The lowest BCUT2D eigenvalue weighted by Gasteiger charge is -2.46. The number of hydrogen-bond acceptors (Lipinski definition) is 8. The van der Waals surface area contributed by atoms with Crippen LogP contribution in [0.5, 0.6) is 5.75 Å². The Morgan fingerprint density at radius 1 is 1.27 bits per heavy atom. The molecular formula is C20H29NO9. The van der Waals surface area contributed by atoms with Crippen molar-refractivity contribution in [3.05, 3.63) is 29.8 Å². The van der Waals surface area contributed by atoms with Gasteiger partial charge < -0.3 is 40.3 Å². The average Bonchev–Trinajstić information content (AvgIpc) is 2.68. The van der Waals surface area contributed by atoms with Gasteiger partial charge in [-0.1, -0.05) is 26.0 Å². The van der Waals surface area contributed by atoms with Gasteiger partial charge in [-0.05, 0) is 23.6 Å². The van der Waals surface area contributed by atoms with Crippen LogP contribution in [-0.2, 0) is 14.3 Å². The maximum atomic E-state index is 12.1. The molecule has 10 heteroatoms. The predicted molar refractivity (Wildman–Crippen MR) is 104 cm³/mol. The Morgan fingerprint density at radius 2 is 1.87 bits per heavy atom. The second-order valence-corrected chi connectivity index (χ2v) is 7.70. The zero-order valence-corrected chi connectivity index (χ0v) is 17.1. The first kappa shape index (κ1) is 24.0. The summed E-state index contributed by atoms with van der Waals surface area (Å²) in [7, 11) is 0. The monoisotopic (exact) mass is 427 g/mol. The third-order valence-electron chi connectivity index (χ3n) is 5.02. The number of ether oxygens (including phenoxy) is 2. The number of aliphatic carboxylic acids is 1. The molecule has 1 fully saturated rings. The highest BCUT2D eigenvalue weighted by Crippen LogP contribution is 2.35. The van der Waals surface area contributed by atoms with Crippen LogP contribution in [0.25, 0.3) is 0 Å². The van der Waals surface area contributed by atoms with E-state index >= 15 is 0 Å². The van der Waals surface area contributed by atoms with Gasteiger partial charge in [0.15, 0.2) is 0 Å². The Bertz CT molecular complexity index is 738. The van der Waals surface area contributed by atoms with Crippen molar-refractivity contribution in [1.29, 1.82) is 0 Å². The Balaban J connectivity index is 2.38. The molecule has 1 aromatic rings. The van der Waals surface area contributed by atoms with Crippen LogP contribution < -0.4 is 10.1 Å². The second kappa shape index (κ2) is 9.71. The molecule has 1 amide bonds. The number of carbonyl (C=O) groups excluding carboxylic acids is 1. The van der Waals surface area contributed by atoms with Crippen molar-refractivity contribution in [2.75, 3.05) is 6.61 Å². The van der Waals surface area contributed by atoms with E-state index in [1.165, 1.54) is 6.92 Å². The molecule has 10 nitrogen and oxygen atoms in total. The summed E-state index contributed by atoms with van der Waals surface area (Å²) in [6.45, 7) is 4.32. The van der Waals surface area contributed by atoms with E-state index in [9.17, 15) is 30.0 Å². The molecule has 0 aromatic heterocycles. The number of nitrogens with one attached hydrogen (secondary N) is 1. The number of amides is 1. The minimum absolute atomic E-state index is 0.155. The average molecular weight is 427 g/mol. The molecule has 1 aromatic carbocycles. The molecule has 1 heterocycles. The quantitative estimate of drug-likeness (QED) is 0.316. The fourth-order valence-corrected chi connectivity index (χ4v) is 3.34. The molecule has 1 aliphatic heterocycles. The van der Waals surface area contributed by atoms with E-state index in [2.05, 4.69) is 5.32 Å². The number of rotatable bonds is 8. The summed E-state index contributed by atoms with van der Waals surface area (Å²) in [5.41, 5.74) is 1.00. The standard InChI is InChI=1S/C20H29NO9/c1-10(2)12-4-6-13(7-5-12)29-20(19(27)28)8-14(24)16(21-11(3)23)18(30-20)17(26)15(25)9-22/h4-7,10,14-18,22,24-26H,8-9H2,1-3H3,(H,21,23)(H,27,28)/t14?,15-,16-,17-,18?,20+/m1/s1. The SMILES string of the molecule is CC(=O)N[C@@H]1C(O)C[C@@](Oc2ccc(C(C)C)cc2)(C(=O)O)OC1[C@H](O)[C@H](O)CO. The summed E-state index contributed by atoms with van der Waals surface area (Å²) in [6.07, 6.45) is -7.14. The molecule has 1 aliphatic rings. The zero-order valence-electron chi connectivity index (χ0n) is 17.1. The van der Waals surface area contributed by atoms with Crippen LogP contribution in [-0.4, -0.2) is 80.3 Å². The summed E-state index contributed by atoms with van der Waals surface area (Å²) in [6, 6.07) is 5.40. The highest BCUT2D eigenvalue weighted by Gasteiger charge is 2.56. The number of carbonyl (C=O) groups is 2. The van der Waals surface area contributed by atoms with Gasteiger partial charge >= 0.3 is 11.8 Å². The number of hydrogen-bond donors (Lipinski definition) is 6. The largest absolute Gasteiger partial charge is 0.476 e. The normalized spacial score (nSPS) is 28.6. The van der Waals surface area contributed by atoms with Crippen LogP contribution >= 0.6 is 0 Å². The van der Waals surface area contributed by atoms with E-state index in [1.54, 1.807) is 24.3 Å². The summed E-state index contributed by atoms with van der Waals surface area (Å²) >= 11 is 0. The van der Waals surface area contributed by atoms with Gasteiger partial charge in [0.1, 0.15) is 24.1 Å². The smallest absolute Gasteiger partial charge is 0.377 e. The first-order valence-electron chi connectivity index (χ1n) is 9.63. The number of aliphatic hydroxyl groups is 4. The molecule has 0 saturated carbocycles. The van der Waals surface area contributed by atoms with E-state index in [0.717, 1.165) is 5.56 Å². The minimum Gasteiger partial charge on any atom is -0.476 e. The molecule has 0 radical (unpaired) electrons. The molecule has 2 unspecified atom stereocenters. The third kappa shape index (κ3) is 5.27. The number of aliphatic hydroxyl groups excluding tert-OH is 4. The van der Waals surface area contributed by atoms with E-state index in [1.807, 2.05) is 13.8 Å². The van der Waals surface area contributed by atoms with Crippen LogP contribution in [0.15, 0.2) is 24.3 Å². The second-order valence-electron chi connectivity index (χ2n) is 7.70. The molecule has 2 rings (SSSR count). The van der Waals surface area contributed by atoms with E-state index in [-0.39, 0.29) is 11.7 Å². The molecule has 1 saturated heterocycles. The molecule has 6 N–H and O–H groups in total. The highest BCUT2D eigenvalue weighted by atomic mass is 16.7. The van der Waals surface area contributed by atoms with Crippen LogP contribution in [0.1, 0.15) is 38.7 Å². The van der Waals surface area contributed by atoms with Crippen molar-refractivity contribution in [2.45, 2.75) is 69.4 Å². The van der Waals surface area contributed by atoms with Crippen LogP contribution in [0.4, 0.5) is 0 Å². The van der Waals surface area contributed by atoms with Crippen molar-refractivity contribution in [3.8, 4) is 5.75 Å². The fourth-order valence-electron chi connectivity index (χ4n) is 3.34. The van der Waals surface area contributed by atoms with Gasteiger partial charge in [0.05, 0.1) is 25.2 Å². The Labute approximate surface area is 174 Å². The maximum Gasteiger partial charge on any atom is 0.377 e. The number of benzene rings is 1. The molecular weight excluding hydrogens is 398 g/mol. The lowest BCUT2D eigenvalue weighted by Crippen LogP contribution is -2.68. The van der Waals surface area contributed by atoms with Gasteiger partial charge in [-0.3, -0.25) is 4.79 Å². The van der Waals surface area contributed by atoms with Gasteiger partial charge in [0.25, 0.3) is 0 Å². The Morgan fingerprint density at radius 3 is 2.33 bits per heavy atom. The van der Waals surface area contributed by atoms with Gasteiger partial charge in [-0.2, -0.15) is 0 Å². The summed E-state index contributed by atoms with van der Waals surface area (Å²) < 4.78 is 11.2. The van der Waals surface area contributed by atoms with Crippen molar-refractivity contribution < 1.29 is 44.6 Å². The molecule has 0 aliphatic carbocycles. The zero-order chi connectivity index (χ0) is 22.6. The lowest BCUT2D eigenvalue weighted by atomic mass is 9.88. The van der Waals surface area contributed by atoms with Gasteiger partial charge in [-0.15, -0.1) is 0 Å². The van der Waals surface area contributed by atoms with Gasteiger partial charge in [0.2, 0.25) is 5.91 Å². The van der Waals surface area contributed by atoms with Crippen LogP contribution in [0, 0.1) is 0 Å². The van der Waals surface area contributed by atoms with Crippen LogP contribution in [0.3, 0.4) is 0 Å². The maximum absolute atomic E-state index is 12.1. The topological polar surface area (TPSA) is 166 Å². The third-order valence-corrected chi connectivity index (χ3v) is 5.02. The first-order valence-corrected chi connectivity index (χ1v) is 9.63. The van der Waals surface area contributed by atoms with E-state index in [4.69, 9.17) is 14.6 Å². The minimum atomic E-state index is -2.39. The Kier molecular flexibility index (Phi) is 7.78. The molecule has 168 valence electrons. The lowest BCUT2D eigenvalue weighted by molar-refractivity contribution is -0.284. The van der Waals surface area contributed by atoms with Crippen LogP contribution in [0.2, 0.25) is 0 Å². The summed E-state index contributed by atoms with van der Waals surface area (Å²) in [4.78, 5) is 23.6. The van der Waals surface area contributed by atoms with Crippen molar-refractivity contribution in [3.63, 3.8) is 0 Å². The van der Waals surface area contributed by atoms with Crippen molar-refractivity contribution in [1.82, 2.24) is 5.32 Å². The molecule has 30 heavy (non-hydrogen) atoms. The molecule has 0 spiro atoms. The predicted octanol–water partition coefficient (Wildman–Crippen LogP) is -0.662. The fraction of sp³-hybridized carbons (Fsp3) is 0.600. The van der Waals surface area contributed by atoms with Crippen molar-refractivity contribution >= 4 is 11.9 Å². The van der Waals surface area contributed by atoms with Gasteiger partial charge in [-0.25, -0.2) is 4.79 Å². The van der Waals surface area contributed by atoms with E-state index in [0.29, 0.717) is 0 Å². The number of carboxylic acids is 1. The molecule has 6 atom stereocenters. The van der Waals surface area contributed by atoms with Gasteiger partial charge in [0, 0.05) is 6.92 Å². The van der Waals surface area contributed by atoms with E-state index < -0.39 is 61.1 Å². The van der Waals surface area contributed by atoms with Crippen molar-refractivity contribution in [2.24, 2.45) is 0 Å². The molecule has 0 bridgehead atoms. The summed E-state index contributed by atoms with van der Waals surface area (Å²) in [5.74, 6) is -4.12. The summed E-state index contributed by atoms with van der Waals surface area (Å²) in [5, 5.41) is 52.2. The first-order chi connectivity index (χ1) is 14.0. The number of carboxylic acid groups (broad SMARTS) is 1. The highest BCUT2D eigenvalue weighted by molar-refractivity contribution is 5.77. The Hall–Kier alpha value is -2.24.